The van der Waals surface area contributed by atoms with Gasteiger partial charge in [-0.1, -0.05) is 12.1 Å². The van der Waals surface area contributed by atoms with E-state index in [1.54, 1.807) is 38.6 Å². The highest BCUT2D eigenvalue weighted by atomic mass is 16.5. The summed E-state index contributed by atoms with van der Waals surface area (Å²) in [6.07, 6.45) is 1.69. The van der Waals surface area contributed by atoms with E-state index in [0.29, 0.717) is 61.1 Å². The highest BCUT2D eigenvalue weighted by Gasteiger charge is 2.10. The van der Waals surface area contributed by atoms with Crippen LogP contribution >= 0.6 is 0 Å². The molecule has 8 heteroatoms. The predicted molar refractivity (Wildman–Crippen MR) is 133 cm³/mol. The smallest absolute Gasteiger partial charge is 0.193 e. The summed E-state index contributed by atoms with van der Waals surface area (Å²) >= 11 is 0. The maximum Gasteiger partial charge on any atom is 0.193 e. The SMILES string of the molecule is COc1ccnc(CNCCOCCOc2ccc(-c3cc(=O)c4ccccc4o3)cc2)c1OC. The zero-order chi connectivity index (χ0) is 24.5. The molecular formula is C27H28N2O6. The van der Waals surface area contributed by atoms with Gasteiger partial charge in [0, 0.05) is 37.0 Å². The largest absolute Gasteiger partial charge is 0.493 e. The van der Waals surface area contributed by atoms with Crippen LogP contribution in [0.3, 0.4) is 0 Å². The van der Waals surface area contributed by atoms with Gasteiger partial charge in [0.25, 0.3) is 0 Å². The van der Waals surface area contributed by atoms with Crippen molar-refractivity contribution in [2.45, 2.75) is 6.54 Å². The molecule has 0 amide bonds. The van der Waals surface area contributed by atoms with Crippen molar-refractivity contribution in [2.75, 3.05) is 40.6 Å². The minimum Gasteiger partial charge on any atom is -0.493 e. The van der Waals surface area contributed by atoms with Crippen molar-refractivity contribution in [3.05, 3.63) is 82.8 Å². The second-order valence-electron chi connectivity index (χ2n) is 7.63. The van der Waals surface area contributed by atoms with E-state index in [9.17, 15) is 4.79 Å². The number of para-hydroxylation sites is 1. The first-order chi connectivity index (χ1) is 17.2. The summed E-state index contributed by atoms with van der Waals surface area (Å²) in [6, 6.07) is 17.9. The Morgan fingerprint density at radius 3 is 2.57 bits per heavy atom. The Morgan fingerprint density at radius 2 is 1.77 bits per heavy atom. The lowest BCUT2D eigenvalue weighted by Crippen LogP contribution is -2.21. The van der Waals surface area contributed by atoms with Crippen LogP contribution in [0.1, 0.15) is 5.69 Å². The Bertz CT molecular complexity index is 1300. The average Bonchev–Trinajstić information content (AvgIpc) is 2.90. The molecule has 182 valence electrons. The van der Waals surface area contributed by atoms with Crippen LogP contribution in [0.4, 0.5) is 0 Å². The van der Waals surface area contributed by atoms with Gasteiger partial charge in [0.15, 0.2) is 16.9 Å². The van der Waals surface area contributed by atoms with Gasteiger partial charge >= 0.3 is 0 Å². The predicted octanol–water partition coefficient (Wildman–Crippen LogP) is 4.06. The number of benzene rings is 2. The van der Waals surface area contributed by atoms with Crippen LogP contribution in [-0.2, 0) is 11.3 Å². The zero-order valence-electron chi connectivity index (χ0n) is 19.8. The molecule has 4 rings (SSSR count). The van der Waals surface area contributed by atoms with E-state index in [2.05, 4.69) is 10.3 Å². The standard InChI is InChI=1S/C27H28N2O6/c1-31-25-11-12-29-22(27(25)32-2)18-28-13-14-33-15-16-34-20-9-7-19(8-10-20)26-17-23(30)21-5-3-4-6-24(21)35-26/h3-12,17,28H,13-16,18H2,1-2H3. The van der Waals surface area contributed by atoms with E-state index in [1.165, 1.54) is 6.07 Å². The molecule has 0 aliphatic rings. The Morgan fingerprint density at radius 1 is 0.943 bits per heavy atom. The van der Waals surface area contributed by atoms with Gasteiger partial charge in [0.2, 0.25) is 0 Å². The number of hydrogen-bond acceptors (Lipinski definition) is 8. The molecule has 0 unspecified atom stereocenters. The minimum absolute atomic E-state index is 0.0623. The molecular weight excluding hydrogens is 448 g/mol. The molecule has 0 fully saturated rings. The number of pyridine rings is 1. The Hall–Kier alpha value is -3.88. The van der Waals surface area contributed by atoms with Crippen LogP contribution in [-0.4, -0.2) is 45.6 Å². The first kappa shape index (κ1) is 24.3. The number of nitrogens with one attached hydrogen (secondary N) is 1. The fourth-order valence-corrected chi connectivity index (χ4v) is 3.61. The molecule has 0 bridgehead atoms. The quantitative estimate of drug-likeness (QED) is 0.306. The third-order valence-electron chi connectivity index (χ3n) is 5.35. The molecule has 0 saturated carbocycles. The fourth-order valence-electron chi connectivity index (χ4n) is 3.61. The summed E-state index contributed by atoms with van der Waals surface area (Å²) in [4.78, 5) is 16.7. The molecule has 2 aromatic heterocycles. The molecule has 1 N–H and O–H groups in total. The number of fused-ring (bicyclic) bond motifs is 1. The van der Waals surface area contributed by atoms with Gasteiger partial charge in [-0.05, 0) is 36.4 Å². The summed E-state index contributed by atoms with van der Waals surface area (Å²) in [5.74, 6) is 2.53. The summed E-state index contributed by atoms with van der Waals surface area (Å²) in [6.45, 7) is 2.63. The zero-order valence-corrected chi connectivity index (χ0v) is 19.8. The summed E-state index contributed by atoms with van der Waals surface area (Å²) in [7, 11) is 3.20. The van der Waals surface area contributed by atoms with Gasteiger partial charge in [-0.15, -0.1) is 0 Å². The minimum atomic E-state index is -0.0623. The molecule has 0 saturated heterocycles. The summed E-state index contributed by atoms with van der Waals surface area (Å²) < 4.78 is 27.9. The first-order valence-electron chi connectivity index (χ1n) is 11.3. The lowest BCUT2D eigenvalue weighted by molar-refractivity contribution is 0.101. The van der Waals surface area contributed by atoms with E-state index < -0.39 is 0 Å². The number of methoxy groups -OCH3 is 2. The van der Waals surface area contributed by atoms with Crippen molar-refractivity contribution in [3.8, 4) is 28.6 Å². The molecule has 8 nitrogen and oxygen atoms in total. The number of aromatic nitrogens is 1. The molecule has 35 heavy (non-hydrogen) atoms. The second kappa shape index (κ2) is 12.0. The second-order valence-corrected chi connectivity index (χ2v) is 7.63. The van der Waals surface area contributed by atoms with Crippen LogP contribution in [0.25, 0.3) is 22.3 Å². The van der Waals surface area contributed by atoms with Crippen LogP contribution in [0, 0.1) is 0 Å². The topological polar surface area (TPSA) is 92.1 Å². The molecule has 0 aliphatic carbocycles. The lowest BCUT2D eigenvalue weighted by Gasteiger charge is -2.12. The molecule has 2 aromatic carbocycles. The van der Waals surface area contributed by atoms with E-state index in [1.807, 2.05) is 36.4 Å². The summed E-state index contributed by atoms with van der Waals surface area (Å²) in [5.41, 5.74) is 2.10. The third kappa shape index (κ3) is 6.17. The number of hydrogen-bond donors (Lipinski definition) is 1. The lowest BCUT2D eigenvalue weighted by atomic mass is 10.1. The van der Waals surface area contributed by atoms with Gasteiger partial charge in [-0.25, -0.2) is 0 Å². The van der Waals surface area contributed by atoms with Crippen LogP contribution in [0.2, 0.25) is 0 Å². The highest BCUT2D eigenvalue weighted by Crippen LogP contribution is 2.28. The molecule has 2 heterocycles. The van der Waals surface area contributed by atoms with Gasteiger partial charge < -0.3 is 28.7 Å². The molecule has 0 atom stereocenters. The highest BCUT2D eigenvalue weighted by molar-refractivity contribution is 5.78. The van der Waals surface area contributed by atoms with E-state index in [4.69, 9.17) is 23.4 Å². The van der Waals surface area contributed by atoms with Crippen molar-refractivity contribution in [1.29, 1.82) is 0 Å². The number of nitrogens with zero attached hydrogens (tertiary/aromatic N) is 1. The van der Waals surface area contributed by atoms with Crippen molar-refractivity contribution >= 4 is 11.0 Å². The molecule has 4 aromatic rings. The molecule has 0 spiro atoms. The Kier molecular flexibility index (Phi) is 8.32. The van der Waals surface area contributed by atoms with Crippen LogP contribution in [0.15, 0.2) is 76.1 Å². The maximum absolute atomic E-state index is 12.3. The van der Waals surface area contributed by atoms with Gasteiger partial charge in [-0.2, -0.15) is 0 Å². The third-order valence-corrected chi connectivity index (χ3v) is 5.35. The average molecular weight is 477 g/mol. The first-order valence-corrected chi connectivity index (χ1v) is 11.3. The summed E-state index contributed by atoms with van der Waals surface area (Å²) in [5, 5.41) is 3.85. The Labute approximate surface area is 203 Å². The van der Waals surface area contributed by atoms with Gasteiger partial charge in [0.1, 0.15) is 23.7 Å². The normalized spacial score (nSPS) is 10.9. The van der Waals surface area contributed by atoms with Crippen LogP contribution < -0.4 is 25.0 Å². The van der Waals surface area contributed by atoms with Gasteiger partial charge in [0.05, 0.1) is 38.5 Å². The van der Waals surface area contributed by atoms with Crippen molar-refractivity contribution in [1.82, 2.24) is 10.3 Å². The van der Waals surface area contributed by atoms with E-state index in [-0.39, 0.29) is 5.43 Å². The number of rotatable bonds is 12. The van der Waals surface area contributed by atoms with E-state index >= 15 is 0 Å². The maximum atomic E-state index is 12.3. The molecule has 0 aliphatic heterocycles. The van der Waals surface area contributed by atoms with Crippen molar-refractivity contribution in [3.63, 3.8) is 0 Å². The van der Waals surface area contributed by atoms with Crippen LogP contribution in [0.5, 0.6) is 17.2 Å². The Balaban J connectivity index is 1.18. The van der Waals surface area contributed by atoms with E-state index in [0.717, 1.165) is 17.0 Å². The monoisotopic (exact) mass is 476 g/mol. The van der Waals surface area contributed by atoms with Crippen molar-refractivity contribution < 1.29 is 23.4 Å². The fraction of sp³-hybridized carbons (Fsp3) is 0.259. The van der Waals surface area contributed by atoms with Gasteiger partial charge in [-0.3, -0.25) is 9.78 Å². The van der Waals surface area contributed by atoms with Crippen molar-refractivity contribution in [2.24, 2.45) is 0 Å². The molecule has 0 radical (unpaired) electrons. The number of ether oxygens (including phenoxy) is 4.